The van der Waals surface area contributed by atoms with E-state index in [2.05, 4.69) is 34.1 Å². The maximum atomic E-state index is 12.8. The molecule has 1 fully saturated rings. The zero-order chi connectivity index (χ0) is 53.4. The fraction of sp³-hybridized carbons (Fsp3) is 0.333. The number of carboxylic acids is 1. The number of nitrogens with zero attached hydrogens (tertiary/aromatic N) is 3. The van der Waals surface area contributed by atoms with E-state index in [1.165, 1.54) is 33.7 Å². The Balaban J connectivity index is 0.935. The number of aliphatic hydroxyl groups is 1. The number of carbonyl (C=O) groups excluding carboxylic acids is 1. The second-order valence-electron chi connectivity index (χ2n) is 16.2. The van der Waals surface area contributed by atoms with Gasteiger partial charge in [0.2, 0.25) is 11.3 Å². The number of amides is 1. The van der Waals surface area contributed by atoms with Crippen LogP contribution in [0.3, 0.4) is 0 Å². The number of aliphatic hydroxyl groups excluding tert-OH is 1. The number of aromatic nitrogens is 2. The Labute approximate surface area is 428 Å². The van der Waals surface area contributed by atoms with Gasteiger partial charge in [0.05, 0.1) is 29.9 Å². The fourth-order valence-corrected chi connectivity index (χ4v) is 12.3. The minimum absolute atomic E-state index is 0.0213. The van der Waals surface area contributed by atoms with Gasteiger partial charge in [-0.2, -0.15) is 8.62 Å². The van der Waals surface area contributed by atoms with Crippen LogP contribution in [0, 0.1) is 0 Å². The van der Waals surface area contributed by atoms with Crippen molar-refractivity contribution in [3.8, 4) is 22.5 Å². The van der Waals surface area contributed by atoms with Crippen molar-refractivity contribution in [2.24, 2.45) is 0 Å². The molecule has 2 aliphatic heterocycles. The number of phosphoric acid groups is 3. The predicted octanol–water partition coefficient (Wildman–Crippen LogP) is 3.73. The van der Waals surface area contributed by atoms with Crippen LogP contribution in [0.5, 0.6) is 0 Å². The number of nitrogens with one attached hydrogen (secondary N) is 4. The van der Waals surface area contributed by atoms with Crippen LogP contribution in [0.15, 0.2) is 80.9 Å². The fourth-order valence-electron chi connectivity index (χ4n) is 7.15. The molecule has 1 saturated heterocycles. The molecule has 0 saturated carbocycles. The molecule has 3 heterocycles. The number of aromatic carboxylic acids is 1. The summed E-state index contributed by atoms with van der Waals surface area (Å²) in [6.07, 6.45) is -0.320. The third-order valence-corrected chi connectivity index (χ3v) is 17.0. The second kappa shape index (κ2) is 24.6. The van der Waals surface area contributed by atoms with E-state index in [0.717, 1.165) is 38.3 Å². The minimum atomic E-state index is -5.78. The molecular weight excluding hydrogens is 1080 g/mol. The highest BCUT2D eigenvalue weighted by Crippen LogP contribution is 2.66. The summed E-state index contributed by atoms with van der Waals surface area (Å²) in [6.45, 7) is -0.478. The lowest BCUT2D eigenvalue weighted by Crippen LogP contribution is -2.33. The van der Waals surface area contributed by atoms with Crippen LogP contribution in [0.2, 0.25) is 0 Å². The molecule has 31 heteroatoms. The minimum Gasteiger partial charge on any atom is -0.478 e. The van der Waals surface area contributed by atoms with E-state index < -0.39 is 65.7 Å². The van der Waals surface area contributed by atoms with E-state index in [1.807, 2.05) is 74.1 Å². The summed E-state index contributed by atoms with van der Waals surface area (Å²) in [5.74, 6) is 0.302. The summed E-state index contributed by atoms with van der Waals surface area (Å²) in [7, 11) is -6.22. The highest BCUT2D eigenvalue weighted by molar-refractivity contribution is 8.76. The van der Waals surface area contributed by atoms with Crippen LogP contribution in [0.4, 0.5) is 11.4 Å². The highest BCUT2D eigenvalue weighted by Gasteiger charge is 2.43. The molecule has 5 atom stereocenters. The Morgan fingerprint density at radius 1 is 0.973 bits per heavy atom. The number of hydrogen-bond donors (Lipinski definition) is 10. The number of hydrogen-bond acceptors (Lipinski definition) is 17. The van der Waals surface area contributed by atoms with Crippen molar-refractivity contribution in [1.29, 1.82) is 0 Å². The van der Waals surface area contributed by atoms with E-state index in [9.17, 15) is 52.9 Å². The third kappa shape index (κ3) is 16.0. The van der Waals surface area contributed by atoms with Crippen molar-refractivity contribution in [1.82, 2.24) is 24.8 Å². The quantitative estimate of drug-likeness (QED) is 0.0118. The number of phosphoric ester groups is 1. The van der Waals surface area contributed by atoms with E-state index in [4.69, 9.17) is 31.2 Å². The number of thiocarbonyl (C=S) groups is 1. The molecule has 1 amide bonds. The highest BCUT2D eigenvalue weighted by atomic mass is 33.1. The largest absolute Gasteiger partial charge is 0.490 e. The van der Waals surface area contributed by atoms with Gasteiger partial charge in [-0.1, -0.05) is 39.8 Å². The summed E-state index contributed by atoms with van der Waals surface area (Å²) in [6, 6.07) is 16.7. The van der Waals surface area contributed by atoms with Gasteiger partial charge < -0.3 is 59.8 Å². The lowest BCUT2D eigenvalue weighted by Gasteiger charge is -2.19. The van der Waals surface area contributed by atoms with E-state index in [1.54, 1.807) is 18.2 Å². The number of rotatable bonds is 22. The summed E-state index contributed by atoms with van der Waals surface area (Å²) < 4.78 is 61.1. The average Bonchev–Trinajstić information content (AvgIpc) is 3.67. The smallest absolute Gasteiger partial charge is 0.478 e. The van der Waals surface area contributed by atoms with Crippen LogP contribution in [-0.4, -0.2) is 128 Å². The van der Waals surface area contributed by atoms with Crippen molar-refractivity contribution in [2.75, 3.05) is 69.6 Å². The van der Waals surface area contributed by atoms with Gasteiger partial charge in [-0.05, 0) is 48.1 Å². The number of aromatic amines is 1. The normalized spacial score (nSPS) is 17.6. The molecule has 394 valence electrons. The SMILES string of the molecule is CN(C)c1ccc2c(-c3ccc(NC(=S)NCCSSCCC(=O)NC/C=C/c4cn([C@H]5C[C@H](O)[C@@H](COP(=O)(O)OP(=O)(O)OP(=O)(O)O)O5)c(=O)[nH]c4=O)cc3C(=O)O)c3ccc(=[N+](C)C)cc-3oc2c1. The molecule has 73 heavy (non-hydrogen) atoms. The number of anilines is 2. The Morgan fingerprint density at radius 3 is 2.40 bits per heavy atom. The molecule has 10 N–H and O–H groups in total. The Hall–Kier alpha value is -4.99. The maximum Gasteiger partial charge on any atom is 0.490 e. The van der Waals surface area contributed by atoms with E-state index in [-0.39, 0.29) is 41.5 Å². The van der Waals surface area contributed by atoms with Gasteiger partial charge >= 0.3 is 35.1 Å². The topological polar surface area (TPSA) is 354 Å². The van der Waals surface area contributed by atoms with Crippen molar-refractivity contribution in [3.63, 3.8) is 0 Å². The van der Waals surface area contributed by atoms with E-state index >= 15 is 0 Å². The van der Waals surface area contributed by atoms with Crippen LogP contribution >= 0.6 is 57.3 Å². The molecule has 3 aromatic rings. The molecule has 0 radical (unpaired) electrons. The monoisotopic (exact) mass is 1130 g/mol. The first kappa shape index (κ1) is 57.3. The molecule has 2 unspecified atom stereocenters. The zero-order valence-electron chi connectivity index (χ0n) is 39.1. The Kier molecular flexibility index (Phi) is 19.3. The van der Waals surface area contributed by atoms with Crippen molar-refractivity contribution < 1.29 is 75.4 Å². The second-order valence-corrected chi connectivity index (χ2v) is 23.8. The maximum absolute atomic E-state index is 12.8. The average molecular weight is 1130 g/mol. The number of H-pyrrole nitrogens is 1. The van der Waals surface area contributed by atoms with Crippen molar-refractivity contribution in [2.45, 2.75) is 31.3 Å². The predicted molar refractivity (Wildman–Crippen MR) is 278 cm³/mol. The molecule has 6 rings (SSSR count). The summed E-state index contributed by atoms with van der Waals surface area (Å²) in [4.78, 5) is 90.8. The number of benzene rings is 3. The molecule has 1 aliphatic carbocycles. The summed E-state index contributed by atoms with van der Waals surface area (Å²) >= 11 is 5.51. The molecule has 0 bridgehead atoms. The molecule has 2 aromatic carbocycles. The van der Waals surface area contributed by atoms with Gasteiger partial charge in [-0.3, -0.25) is 23.7 Å². The molecular formula is C42H51N7O18P3S3+. The Bertz CT molecular complexity index is 3230. The van der Waals surface area contributed by atoms with Crippen LogP contribution in [-0.2, 0) is 36.4 Å². The zero-order valence-corrected chi connectivity index (χ0v) is 44.2. The Morgan fingerprint density at radius 2 is 1.70 bits per heavy atom. The number of fused-ring (bicyclic) bond motifs is 2. The molecule has 3 aliphatic rings. The lowest BCUT2D eigenvalue weighted by molar-refractivity contribution is -0.120. The summed E-state index contributed by atoms with van der Waals surface area (Å²) in [5, 5.41) is 31.7. The molecule has 1 aromatic heterocycles. The standard InChI is InChI=1S/C42H50N7O18P3S3/c1-47(2)26-8-11-29-33(19-26)64-34-20-27(48(3)4)9-12-30(34)38(29)28-10-7-25(18-31(28)40(53)54)45-41(71)44-15-17-73-72-16-13-36(51)43-14-5-6-24-22-49(42(55)46-39(24)52)37-21-32(50)35(65-37)23-63-69(59,60)67-70(61,62)66-68(56,57)58/h5-12,18-20,22,32,35,37,50H,13-17,21,23H2,1-4H3,(H8,43,44,46,51,52,53,54,55,56,57,58,59,60,61,62,71)/p+1/b6-5+/t32-,35+,37+/m0/s1. The van der Waals surface area contributed by atoms with E-state index in [0.29, 0.717) is 40.6 Å². The van der Waals surface area contributed by atoms with Crippen LogP contribution in [0.1, 0.15) is 35.0 Å². The van der Waals surface area contributed by atoms with Gasteiger partial charge in [0.25, 0.3) is 5.56 Å². The molecule has 25 nitrogen and oxygen atoms in total. The molecule has 0 spiro atoms. The lowest BCUT2D eigenvalue weighted by atomic mass is 9.90. The summed E-state index contributed by atoms with van der Waals surface area (Å²) in [5.41, 5.74) is 2.31. The van der Waals surface area contributed by atoms with Crippen LogP contribution in [0.25, 0.3) is 39.5 Å². The van der Waals surface area contributed by atoms with Gasteiger partial charge in [0, 0.05) is 97.7 Å². The van der Waals surface area contributed by atoms with Gasteiger partial charge in [0.1, 0.15) is 37.8 Å². The van der Waals surface area contributed by atoms with Crippen molar-refractivity contribution in [3.05, 3.63) is 104 Å². The van der Waals surface area contributed by atoms with Crippen molar-refractivity contribution >= 4 is 103 Å². The van der Waals surface area contributed by atoms with Gasteiger partial charge in [0.15, 0.2) is 5.11 Å². The van der Waals surface area contributed by atoms with Crippen LogP contribution < -0.4 is 42.0 Å². The first-order chi connectivity index (χ1) is 34.3. The van der Waals surface area contributed by atoms with Gasteiger partial charge in [-0.15, -0.1) is 0 Å². The number of carboxylic acid groups (broad SMARTS) is 1. The third-order valence-electron chi connectivity index (χ3n) is 10.5. The van der Waals surface area contributed by atoms with Gasteiger partial charge in [-0.25, -0.2) is 27.9 Å². The first-order valence-corrected chi connectivity index (χ1v) is 29.0. The first-order valence-electron chi connectivity index (χ1n) is 21.6. The number of ether oxygens (including phenoxy) is 1. The number of carbonyl (C=O) groups is 2.